The summed E-state index contributed by atoms with van der Waals surface area (Å²) in [5, 5.41) is 7.95. The van der Waals surface area contributed by atoms with Crippen molar-refractivity contribution < 1.29 is 13.2 Å². The standard InChI is InChI=1S/C12H11NO3S/c1-9-2-4-10(5-3-9)17(15,16)11-6-12(11,7-13)8-14/h2-5,8,11H,6H2,1H3/t11-,12+/m0/s1. The van der Waals surface area contributed by atoms with Gasteiger partial charge in [-0.2, -0.15) is 5.26 Å². The van der Waals surface area contributed by atoms with Crippen LogP contribution in [0.25, 0.3) is 0 Å². The van der Waals surface area contributed by atoms with Crippen molar-refractivity contribution in [2.75, 3.05) is 0 Å². The second-order valence-corrected chi connectivity index (χ2v) is 6.45. The van der Waals surface area contributed by atoms with Gasteiger partial charge in [0.1, 0.15) is 11.7 Å². The Balaban J connectivity index is 2.38. The van der Waals surface area contributed by atoms with Crippen molar-refractivity contribution in [3.63, 3.8) is 0 Å². The first-order valence-corrected chi connectivity index (χ1v) is 6.69. The molecule has 1 aromatic carbocycles. The minimum atomic E-state index is -3.57. The molecule has 0 aliphatic heterocycles. The summed E-state index contributed by atoms with van der Waals surface area (Å²) < 4.78 is 24.3. The summed E-state index contributed by atoms with van der Waals surface area (Å²) in [6.07, 6.45) is 0.548. The average molecular weight is 249 g/mol. The van der Waals surface area contributed by atoms with Crippen molar-refractivity contribution in [1.82, 2.24) is 0 Å². The fourth-order valence-corrected chi connectivity index (χ4v) is 3.80. The fourth-order valence-electron chi connectivity index (χ4n) is 1.79. The highest BCUT2D eigenvalue weighted by Gasteiger charge is 2.62. The highest BCUT2D eigenvalue weighted by Crippen LogP contribution is 2.50. The third-order valence-electron chi connectivity index (χ3n) is 3.08. The largest absolute Gasteiger partial charge is 0.302 e. The molecule has 0 N–H and O–H groups in total. The zero-order valence-electron chi connectivity index (χ0n) is 9.25. The van der Waals surface area contributed by atoms with Crippen LogP contribution in [-0.4, -0.2) is 20.0 Å². The zero-order chi connectivity index (χ0) is 12.7. The molecule has 1 aromatic rings. The van der Waals surface area contributed by atoms with Gasteiger partial charge in [0.25, 0.3) is 0 Å². The summed E-state index contributed by atoms with van der Waals surface area (Å²) in [6, 6.07) is 8.21. The first kappa shape index (κ1) is 11.8. The van der Waals surface area contributed by atoms with Crippen LogP contribution in [0.15, 0.2) is 29.2 Å². The summed E-state index contributed by atoms with van der Waals surface area (Å²) in [5.41, 5.74) is -0.370. The Kier molecular flexibility index (Phi) is 2.55. The summed E-state index contributed by atoms with van der Waals surface area (Å²) >= 11 is 0. The molecule has 0 spiro atoms. The number of benzene rings is 1. The Hall–Kier alpha value is -1.67. The van der Waals surface area contributed by atoms with Gasteiger partial charge in [-0.25, -0.2) is 8.42 Å². The van der Waals surface area contributed by atoms with E-state index >= 15 is 0 Å². The third-order valence-corrected chi connectivity index (χ3v) is 5.35. The lowest BCUT2D eigenvalue weighted by molar-refractivity contribution is -0.110. The maximum absolute atomic E-state index is 12.1. The van der Waals surface area contributed by atoms with Crippen LogP contribution in [-0.2, 0) is 14.6 Å². The first-order valence-electron chi connectivity index (χ1n) is 5.14. The van der Waals surface area contributed by atoms with E-state index in [0.717, 1.165) is 5.56 Å². The number of aldehydes is 1. The van der Waals surface area contributed by atoms with Crippen LogP contribution >= 0.6 is 0 Å². The topological polar surface area (TPSA) is 75.0 Å². The number of aryl methyl sites for hydroxylation is 1. The highest BCUT2D eigenvalue weighted by molar-refractivity contribution is 7.92. The predicted molar refractivity (Wildman–Crippen MR) is 60.9 cm³/mol. The molecule has 1 fully saturated rings. The minimum Gasteiger partial charge on any atom is -0.302 e. The monoisotopic (exact) mass is 249 g/mol. The van der Waals surface area contributed by atoms with E-state index in [1.165, 1.54) is 12.1 Å². The van der Waals surface area contributed by atoms with Gasteiger partial charge in [0, 0.05) is 0 Å². The van der Waals surface area contributed by atoms with Gasteiger partial charge in [-0.05, 0) is 25.5 Å². The second kappa shape index (κ2) is 3.67. The van der Waals surface area contributed by atoms with Gasteiger partial charge < -0.3 is 4.79 Å². The van der Waals surface area contributed by atoms with Gasteiger partial charge in [0.2, 0.25) is 0 Å². The number of sulfone groups is 1. The van der Waals surface area contributed by atoms with Gasteiger partial charge in [0.15, 0.2) is 9.84 Å². The highest BCUT2D eigenvalue weighted by atomic mass is 32.2. The molecule has 0 radical (unpaired) electrons. The normalized spacial score (nSPS) is 27.2. The molecule has 5 heteroatoms. The lowest BCUT2D eigenvalue weighted by Gasteiger charge is -2.04. The molecule has 0 saturated heterocycles. The lowest BCUT2D eigenvalue weighted by atomic mass is 10.2. The predicted octanol–water partition coefficient (Wildman–Crippen LogP) is 1.25. The molecule has 0 unspecified atom stereocenters. The number of rotatable bonds is 3. The molecular weight excluding hydrogens is 238 g/mol. The van der Waals surface area contributed by atoms with E-state index in [-0.39, 0.29) is 11.3 Å². The van der Waals surface area contributed by atoms with Crippen molar-refractivity contribution in [1.29, 1.82) is 5.26 Å². The van der Waals surface area contributed by atoms with Gasteiger partial charge >= 0.3 is 0 Å². The molecule has 2 rings (SSSR count). The van der Waals surface area contributed by atoms with Crippen molar-refractivity contribution in [3.05, 3.63) is 29.8 Å². The molecule has 0 aromatic heterocycles. The maximum Gasteiger partial charge on any atom is 0.183 e. The van der Waals surface area contributed by atoms with E-state index in [9.17, 15) is 13.2 Å². The van der Waals surface area contributed by atoms with Crippen molar-refractivity contribution in [3.8, 4) is 6.07 Å². The van der Waals surface area contributed by atoms with Gasteiger partial charge in [0.05, 0.1) is 16.2 Å². The molecule has 0 heterocycles. The minimum absolute atomic E-state index is 0.100. The van der Waals surface area contributed by atoms with Gasteiger partial charge in [-0.1, -0.05) is 17.7 Å². The molecular formula is C12H11NO3S. The van der Waals surface area contributed by atoms with Crippen LogP contribution in [0, 0.1) is 23.7 Å². The van der Waals surface area contributed by atoms with E-state index < -0.39 is 20.5 Å². The second-order valence-electron chi connectivity index (χ2n) is 4.32. The van der Waals surface area contributed by atoms with Crippen LogP contribution in [0.5, 0.6) is 0 Å². The Morgan fingerprint density at radius 1 is 1.41 bits per heavy atom. The molecule has 0 amide bonds. The van der Waals surface area contributed by atoms with Crippen LogP contribution in [0.2, 0.25) is 0 Å². The maximum atomic E-state index is 12.1. The first-order chi connectivity index (χ1) is 7.96. The number of carbonyl (C=O) groups excluding carboxylic acids is 1. The molecule has 1 aliphatic carbocycles. The molecule has 17 heavy (non-hydrogen) atoms. The Bertz CT molecular complexity index is 598. The molecule has 1 saturated carbocycles. The summed E-state index contributed by atoms with van der Waals surface area (Å²) in [4.78, 5) is 10.9. The van der Waals surface area contributed by atoms with Crippen molar-refractivity contribution in [2.45, 2.75) is 23.5 Å². The van der Waals surface area contributed by atoms with E-state index in [1.807, 2.05) is 6.92 Å². The Morgan fingerprint density at radius 3 is 2.41 bits per heavy atom. The van der Waals surface area contributed by atoms with Crippen LogP contribution in [0.4, 0.5) is 0 Å². The quantitative estimate of drug-likeness (QED) is 0.755. The van der Waals surface area contributed by atoms with Crippen molar-refractivity contribution in [2.24, 2.45) is 5.41 Å². The molecule has 1 aliphatic rings. The number of hydrogen-bond acceptors (Lipinski definition) is 4. The SMILES string of the molecule is Cc1ccc(S(=O)(=O)[C@H]2C[C@@]2(C#N)C=O)cc1. The fraction of sp³-hybridized carbons (Fsp3) is 0.333. The molecule has 88 valence electrons. The number of nitriles is 1. The summed E-state index contributed by atoms with van der Waals surface area (Å²) in [6.45, 7) is 1.86. The molecule has 0 bridgehead atoms. The van der Waals surface area contributed by atoms with Crippen molar-refractivity contribution >= 4 is 16.1 Å². The van der Waals surface area contributed by atoms with Crippen LogP contribution < -0.4 is 0 Å². The number of nitrogens with zero attached hydrogens (tertiary/aromatic N) is 1. The van der Waals surface area contributed by atoms with Gasteiger partial charge in [-0.3, -0.25) is 0 Å². The molecule has 4 nitrogen and oxygen atoms in total. The lowest BCUT2D eigenvalue weighted by Crippen LogP contribution is -2.16. The third kappa shape index (κ3) is 1.75. The van der Waals surface area contributed by atoms with Crippen LogP contribution in [0.3, 0.4) is 0 Å². The Labute approximate surface area is 99.8 Å². The van der Waals surface area contributed by atoms with Crippen LogP contribution in [0.1, 0.15) is 12.0 Å². The smallest absolute Gasteiger partial charge is 0.183 e. The summed E-state index contributed by atoms with van der Waals surface area (Å²) in [5.74, 6) is 0. The van der Waals surface area contributed by atoms with E-state index in [4.69, 9.17) is 5.26 Å². The average Bonchev–Trinajstić information content (AvgIpc) is 3.06. The number of hydrogen-bond donors (Lipinski definition) is 0. The molecule has 2 atom stereocenters. The van der Waals surface area contributed by atoms with E-state index in [0.29, 0.717) is 6.29 Å². The number of carbonyl (C=O) groups is 1. The van der Waals surface area contributed by atoms with E-state index in [2.05, 4.69) is 0 Å². The Morgan fingerprint density at radius 2 is 2.00 bits per heavy atom. The zero-order valence-corrected chi connectivity index (χ0v) is 10.1. The van der Waals surface area contributed by atoms with E-state index in [1.54, 1.807) is 18.2 Å². The summed E-state index contributed by atoms with van der Waals surface area (Å²) in [7, 11) is -3.57. The van der Waals surface area contributed by atoms with Gasteiger partial charge in [-0.15, -0.1) is 0 Å².